The minimum Gasteiger partial charge on any atom is -0.489 e. The highest BCUT2D eigenvalue weighted by Crippen LogP contribution is 2.39. The number of hydrogen-bond donors (Lipinski definition) is 3. The van der Waals surface area contributed by atoms with Crippen LogP contribution >= 0.6 is 0 Å². The van der Waals surface area contributed by atoms with Gasteiger partial charge in [-0.1, -0.05) is 6.08 Å². The van der Waals surface area contributed by atoms with Gasteiger partial charge in [-0.25, -0.2) is 38.6 Å². The molecule has 2 aromatic heterocycles. The fourth-order valence-electron chi connectivity index (χ4n) is 3.56. The molecular weight excluding hydrogens is 507 g/mol. The number of sulfonamides is 1. The van der Waals surface area contributed by atoms with E-state index in [1.54, 1.807) is 6.08 Å². The van der Waals surface area contributed by atoms with Crippen LogP contribution in [0.3, 0.4) is 0 Å². The largest absolute Gasteiger partial charge is 0.489 e. The van der Waals surface area contributed by atoms with Crippen molar-refractivity contribution in [2.45, 2.75) is 18.3 Å². The first kappa shape index (κ1) is 25.1. The summed E-state index contributed by atoms with van der Waals surface area (Å²) in [6, 6.07) is 0. The van der Waals surface area contributed by atoms with E-state index in [2.05, 4.69) is 30.1 Å². The van der Waals surface area contributed by atoms with Crippen molar-refractivity contribution in [2.24, 2.45) is 0 Å². The number of halogens is 3. The summed E-state index contributed by atoms with van der Waals surface area (Å²) < 4.78 is 70.3. The van der Waals surface area contributed by atoms with Crippen LogP contribution in [0.5, 0.6) is 0 Å². The van der Waals surface area contributed by atoms with E-state index in [0.717, 1.165) is 11.3 Å². The van der Waals surface area contributed by atoms with E-state index in [9.17, 15) is 31.5 Å². The van der Waals surface area contributed by atoms with Crippen molar-refractivity contribution < 1.29 is 36.2 Å². The number of hydrogen-bond acceptors (Lipinski definition) is 10. The number of hydrazine groups is 1. The lowest BCUT2D eigenvalue weighted by molar-refractivity contribution is -0.141. The summed E-state index contributed by atoms with van der Waals surface area (Å²) in [6.45, 7) is -0.238. The van der Waals surface area contributed by atoms with Crippen molar-refractivity contribution in [2.75, 3.05) is 22.6 Å². The third kappa shape index (κ3) is 4.85. The lowest BCUT2D eigenvalue weighted by Gasteiger charge is -2.40. The molecule has 4 rings (SSSR count). The predicted octanol–water partition coefficient (Wildman–Crippen LogP) is 1.40. The van der Waals surface area contributed by atoms with Gasteiger partial charge in [-0.2, -0.15) is 13.2 Å². The molecule has 36 heavy (non-hydrogen) atoms. The molecule has 1 atom stereocenters. The molecule has 1 aliphatic heterocycles. The number of fused-ring (bicyclic) bond motifs is 1. The fourth-order valence-corrected chi connectivity index (χ4v) is 4.09. The van der Waals surface area contributed by atoms with Gasteiger partial charge in [0.05, 0.1) is 24.1 Å². The number of carbonyl (C=O) groups is 1. The van der Waals surface area contributed by atoms with Gasteiger partial charge in [-0.3, -0.25) is 9.71 Å². The van der Waals surface area contributed by atoms with Gasteiger partial charge in [0, 0.05) is 30.4 Å². The van der Waals surface area contributed by atoms with Crippen molar-refractivity contribution in [3.05, 3.63) is 71.7 Å². The number of aliphatic carboxylic acids is 1. The number of aromatic nitrogens is 4. The van der Waals surface area contributed by atoms with Gasteiger partial charge >= 0.3 is 12.1 Å². The molecule has 2 aromatic rings. The number of carboxylic acids is 1. The number of ether oxygens (including phenoxy) is 1. The second-order valence-corrected chi connectivity index (χ2v) is 9.30. The number of alkyl halides is 3. The predicted molar refractivity (Wildman–Crippen MR) is 118 cm³/mol. The molecule has 0 bridgehead atoms. The maximum atomic E-state index is 13.1. The standard InChI is InChI=1S/C20H18F3N7O5S/c1-36(33,34)29-16-14(24-6-7-25-16)11-28-30(18-26-9-12(10-27-18)20(21,22)23)19(17(31)32)5-2-3-15-13(19)4-8-35-15/h2-7,9-10,28H,8,11H2,1H3,(H,25,29)(H,31,32). The zero-order chi connectivity index (χ0) is 26.1. The first-order chi connectivity index (χ1) is 16.9. The number of allylic oxidation sites excluding steroid dienone is 2. The minimum atomic E-state index is -4.71. The zero-order valence-corrected chi connectivity index (χ0v) is 19.2. The van der Waals surface area contributed by atoms with E-state index < -0.39 is 39.2 Å². The normalized spacial score (nSPS) is 19.1. The SMILES string of the molecule is CS(=O)(=O)Nc1nccnc1CNN(c1ncc(C(F)(F)F)cn1)C1(C(=O)O)C=CC=C2OCC=C21. The van der Waals surface area contributed by atoms with Crippen molar-refractivity contribution in [1.29, 1.82) is 0 Å². The molecule has 0 saturated carbocycles. The Morgan fingerprint density at radius 3 is 2.56 bits per heavy atom. The van der Waals surface area contributed by atoms with E-state index in [1.165, 1.54) is 30.6 Å². The Kier molecular flexibility index (Phi) is 6.40. The molecule has 0 spiro atoms. The number of nitrogens with one attached hydrogen (secondary N) is 2. The quantitative estimate of drug-likeness (QED) is 0.428. The van der Waals surface area contributed by atoms with Crippen LogP contribution in [0.25, 0.3) is 0 Å². The lowest BCUT2D eigenvalue weighted by Crippen LogP contribution is -2.61. The van der Waals surface area contributed by atoms with Crippen LogP contribution in [0, 0.1) is 0 Å². The number of anilines is 2. The molecule has 3 heterocycles. The second kappa shape index (κ2) is 9.19. The van der Waals surface area contributed by atoms with Gasteiger partial charge in [-0.15, -0.1) is 0 Å². The molecule has 0 radical (unpaired) electrons. The number of rotatable bonds is 8. The van der Waals surface area contributed by atoms with Gasteiger partial charge in [0.1, 0.15) is 12.4 Å². The van der Waals surface area contributed by atoms with E-state index >= 15 is 0 Å². The first-order valence-electron chi connectivity index (χ1n) is 10.1. The van der Waals surface area contributed by atoms with Crippen LogP contribution in [0.15, 0.2) is 60.4 Å². The summed E-state index contributed by atoms with van der Waals surface area (Å²) in [7, 11) is -3.73. The van der Waals surface area contributed by atoms with E-state index in [0.29, 0.717) is 12.4 Å². The summed E-state index contributed by atoms with van der Waals surface area (Å²) in [5, 5.41) is 11.3. The fraction of sp³-hybridized carbons (Fsp3) is 0.250. The van der Waals surface area contributed by atoms with Crippen molar-refractivity contribution in [3.8, 4) is 0 Å². The monoisotopic (exact) mass is 525 g/mol. The molecule has 2 aliphatic rings. The summed E-state index contributed by atoms with van der Waals surface area (Å²) >= 11 is 0. The van der Waals surface area contributed by atoms with Crippen LogP contribution in [0.4, 0.5) is 24.9 Å². The lowest BCUT2D eigenvalue weighted by atomic mass is 9.84. The molecule has 1 aliphatic carbocycles. The molecule has 0 fully saturated rings. The van der Waals surface area contributed by atoms with Crippen molar-refractivity contribution in [3.63, 3.8) is 0 Å². The average Bonchev–Trinajstić information content (AvgIpc) is 3.29. The van der Waals surface area contributed by atoms with Crippen LogP contribution in [-0.4, -0.2) is 57.8 Å². The van der Waals surface area contributed by atoms with Gasteiger partial charge in [0.15, 0.2) is 5.82 Å². The van der Waals surface area contributed by atoms with Crippen LogP contribution in [0.1, 0.15) is 11.3 Å². The molecule has 16 heteroatoms. The van der Waals surface area contributed by atoms with Gasteiger partial charge in [-0.05, 0) is 18.2 Å². The summed E-state index contributed by atoms with van der Waals surface area (Å²) in [5.74, 6) is -1.71. The number of carboxylic acid groups (broad SMARTS) is 1. The first-order valence-corrected chi connectivity index (χ1v) is 12.0. The highest BCUT2D eigenvalue weighted by molar-refractivity contribution is 7.92. The Labute approximate surface area is 202 Å². The van der Waals surface area contributed by atoms with E-state index in [4.69, 9.17) is 4.74 Å². The molecule has 190 valence electrons. The molecule has 12 nitrogen and oxygen atoms in total. The third-order valence-corrected chi connectivity index (χ3v) is 5.66. The highest BCUT2D eigenvalue weighted by atomic mass is 32.2. The highest BCUT2D eigenvalue weighted by Gasteiger charge is 2.51. The van der Waals surface area contributed by atoms with Gasteiger partial charge in [0.2, 0.25) is 21.5 Å². The smallest absolute Gasteiger partial charge is 0.419 e. The van der Waals surface area contributed by atoms with Gasteiger partial charge in [0.25, 0.3) is 0 Å². The Hall–Kier alpha value is -4.05. The maximum Gasteiger partial charge on any atom is 0.419 e. The minimum absolute atomic E-state index is 0.0626. The second-order valence-electron chi connectivity index (χ2n) is 7.56. The van der Waals surface area contributed by atoms with E-state index in [-0.39, 0.29) is 36.0 Å². The van der Waals surface area contributed by atoms with Crippen molar-refractivity contribution in [1.82, 2.24) is 25.4 Å². The molecular formula is C20H18F3N7O5S. The Morgan fingerprint density at radius 1 is 1.22 bits per heavy atom. The number of nitrogens with zero attached hydrogens (tertiary/aromatic N) is 5. The average molecular weight is 525 g/mol. The van der Waals surface area contributed by atoms with Gasteiger partial charge < -0.3 is 9.84 Å². The van der Waals surface area contributed by atoms with Crippen molar-refractivity contribution >= 4 is 27.8 Å². The molecule has 0 amide bonds. The Balaban J connectivity index is 1.78. The Morgan fingerprint density at radius 2 is 1.92 bits per heavy atom. The topological polar surface area (TPSA) is 160 Å². The summed E-state index contributed by atoms with van der Waals surface area (Å²) in [4.78, 5) is 28.2. The van der Waals surface area contributed by atoms with Crippen LogP contribution in [-0.2, 0) is 32.3 Å². The molecule has 1 unspecified atom stereocenters. The molecule has 0 aromatic carbocycles. The zero-order valence-electron chi connectivity index (χ0n) is 18.4. The van der Waals surface area contributed by atoms with Crippen LogP contribution in [0.2, 0.25) is 0 Å². The molecule has 3 N–H and O–H groups in total. The summed E-state index contributed by atoms with van der Waals surface area (Å²) in [6.07, 6.45) is 5.54. The molecule has 0 saturated heterocycles. The van der Waals surface area contributed by atoms with E-state index in [1.807, 2.05) is 0 Å². The summed E-state index contributed by atoms with van der Waals surface area (Å²) in [5.41, 5.74) is -0.133. The van der Waals surface area contributed by atoms with Crippen LogP contribution < -0.4 is 15.2 Å². The Bertz CT molecular complexity index is 1380. The maximum absolute atomic E-state index is 13.1. The third-order valence-electron chi connectivity index (χ3n) is 5.09.